The molecule has 106 valence electrons. The van der Waals surface area contributed by atoms with Crippen LogP contribution in [0.15, 0.2) is 12.4 Å². The highest BCUT2D eigenvalue weighted by Gasteiger charge is 2.15. The van der Waals surface area contributed by atoms with Crippen molar-refractivity contribution in [2.24, 2.45) is 5.73 Å². The van der Waals surface area contributed by atoms with Crippen molar-refractivity contribution in [2.45, 2.75) is 19.4 Å². The van der Waals surface area contributed by atoms with E-state index >= 15 is 0 Å². The Hall–Kier alpha value is -1.40. The van der Waals surface area contributed by atoms with Crippen LogP contribution in [0.25, 0.3) is 0 Å². The Morgan fingerprint density at radius 1 is 1.32 bits per heavy atom. The van der Waals surface area contributed by atoms with E-state index in [1.54, 1.807) is 6.33 Å². The molecular formula is C13H24N6. The minimum atomic E-state index is 0.334. The molecule has 0 radical (unpaired) electrons. The Bertz CT molecular complexity index is 388. The van der Waals surface area contributed by atoms with Gasteiger partial charge in [0.15, 0.2) is 0 Å². The van der Waals surface area contributed by atoms with Gasteiger partial charge in [0.2, 0.25) is 0 Å². The van der Waals surface area contributed by atoms with Crippen molar-refractivity contribution >= 4 is 11.6 Å². The van der Waals surface area contributed by atoms with Crippen molar-refractivity contribution < 1.29 is 0 Å². The van der Waals surface area contributed by atoms with Crippen molar-refractivity contribution in [3.05, 3.63) is 12.4 Å². The molecule has 0 aromatic carbocycles. The lowest BCUT2D eigenvalue weighted by Crippen LogP contribution is -2.44. The second-order valence-corrected chi connectivity index (χ2v) is 5.17. The normalized spacial score (nSPS) is 18.4. The third-order valence-electron chi connectivity index (χ3n) is 3.47. The lowest BCUT2D eigenvalue weighted by molar-refractivity contribution is 0.312. The molecule has 0 amide bonds. The summed E-state index contributed by atoms with van der Waals surface area (Å²) < 4.78 is 0. The third kappa shape index (κ3) is 4.04. The van der Waals surface area contributed by atoms with E-state index in [9.17, 15) is 0 Å². The molecule has 1 unspecified atom stereocenters. The van der Waals surface area contributed by atoms with Gasteiger partial charge in [-0.3, -0.25) is 0 Å². The van der Waals surface area contributed by atoms with Crippen LogP contribution in [0.4, 0.5) is 11.6 Å². The maximum atomic E-state index is 5.56. The van der Waals surface area contributed by atoms with E-state index in [0.29, 0.717) is 12.6 Å². The molecule has 3 N–H and O–H groups in total. The lowest BCUT2D eigenvalue weighted by atomic mass is 10.2. The first-order valence-electron chi connectivity index (χ1n) is 6.91. The van der Waals surface area contributed by atoms with Crippen molar-refractivity contribution in [3.63, 3.8) is 0 Å². The molecule has 1 fully saturated rings. The number of nitrogens with one attached hydrogen (secondary N) is 1. The van der Waals surface area contributed by atoms with Crippen LogP contribution in [0, 0.1) is 0 Å². The molecule has 1 aliphatic rings. The SMILES string of the molecule is CC(CCN)Nc1cc(N2CCN(C)CC2)ncn1. The summed E-state index contributed by atoms with van der Waals surface area (Å²) in [5.41, 5.74) is 5.56. The summed E-state index contributed by atoms with van der Waals surface area (Å²) in [4.78, 5) is 13.3. The number of hydrogen-bond acceptors (Lipinski definition) is 6. The fraction of sp³-hybridized carbons (Fsp3) is 0.692. The predicted octanol–water partition coefficient (Wildman–Crippen LogP) is 0.378. The average molecular weight is 264 g/mol. The summed E-state index contributed by atoms with van der Waals surface area (Å²) in [5, 5.41) is 3.36. The van der Waals surface area contributed by atoms with Crippen LogP contribution in [-0.2, 0) is 0 Å². The second-order valence-electron chi connectivity index (χ2n) is 5.17. The Kier molecular flexibility index (Phi) is 4.93. The highest BCUT2D eigenvalue weighted by atomic mass is 15.3. The standard InChI is InChI=1S/C13H24N6/c1-11(3-4-14)17-12-9-13(16-10-15-12)19-7-5-18(2)6-8-19/h9-11H,3-8,14H2,1-2H3,(H,15,16,17). The number of hydrogen-bond donors (Lipinski definition) is 2. The van der Waals surface area contributed by atoms with E-state index in [1.165, 1.54) is 0 Å². The third-order valence-corrected chi connectivity index (χ3v) is 3.47. The van der Waals surface area contributed by atoms with E-state index in [4.69, 9.17) is 5.73 Å². The van der Waals surface area contributed by atoms with Crippen LogP contribution in [0.3, 0.4) is 0 Å². The first-order chi connectivity index (χ1) is 9.19. The first-order valence-corrected chi connectivity index (χ1v) is 6.91. The maximum absolute atomic E-state index is 5.56. The summed E-state index contributed by atoms with van der Waals surface area (Å²) in [6.07, 6.45) is 2.57. The molecule has 1 aromatic heterocycles. The van der Waals surface area contributed by atoms with E-state index in [0.717, 1.165) is 44.2 Å². The van der Waals surface area contributed by atoms with Gasteiger partial charge in [0.25, 0.3) is 0 Å². The Morgan fingerprint density at radius 3 is 2.74 bits per heavy atom. The predicted molar refractivity (Wildman–Crippen MR) is 78.5 cm³/mol. The van der Waals surface area contributed by atoms with Gasteiger partial charge in [-0.1, -0.05) is 0 Å². The monoisotopic (exact) mass is 264 g/mol. The van der Waals surface area contributed by atoms with Crippen LogP contribution in [0.1, 0.15) is 13.3 Å². The number of nitrogens with two attached hydrogens (primary N) is 1. The topological polar surface area (TPSA) is 70.3 Å². The first kappa shape index (κ1) is 14.0. The molecule has 0 spiro atoms. The molecule has 1 aromatic rings. The van der Waals surface area contributed by atoms with Gasteiger partial charge in [0, 0.05) is 38.3 Å². The molecule has 0 saturated carbocycles. The van der Waals surface area contributed by atoms with E-state index < -0.39 is 0 Å². The lowest BCUT2D eigenvalue weighted by Gasteiger charge is -2.33. The van der Waals surface area contributed by atoms with E-state index in [2.05, 4.69) is 39.1 Å². The molecule has 1 saturated heterocycles. The van der Waals surface area contributed by atoms with Crippen LogP contribution < -0.4 is 16.0 Å². The number of aromatic nitrogens is 2. The van der Waals surface area contributed by atoms with Crippen molar-refractivity contribution in [3.8, 4) is 0 Å². The van der Waals surface area contributed by atoms with Crippen LogP contribution in [-0.4, -0.2) is 60.7 Å². The zero-order chi connectivity index (χ0) is 13.7. The highest BCUT2D eigenvalue weighted by Crippen LogP contribution is 2.16. The minimum Gasteiger partial charge on any atom is -0.367 e. The summed E-state index contributed by atoms with van der Waals surface area (Å²) in [6.45, 7) is 7.00. The number of nitrogens with zero attached hydrogens (tertiary/aromatic N) is 4. The Morgan fingerprint density at radius 2 is 2.05 bits per heavy atom. The zero-order valence-electron chi connectivity index (χ0n) is 11.8. The van der Waals surface area contributed by atoms with Gasteiger partial charge in [-0.15, -0.1) is 0 Å². The Labute approximate surface area is 115 Å². The number of likely N-dealkylation sites (N-methyl/N-ethyl adjacent to an activating group) is 1. The van der Waals surface area contributed by atoms with Crippen LogP contribution >= 0.6 is 0 Å². The fourth-order valence-corrected chi connectivity index (χ4v) is 2.21. The molecular weight excluding hydrogens is 240 g/mol. The van der Waals surface area contributed by atoms with Gasteiger partial charge < -0.3 is 20.9 Å². The van der Waals surface area contributed by atoms with Crippen LogP contribution in [0.5, 0.6) is 0 Å². The van der Waals surface area contributed by atoms with Crippen molar-refractivity contribution in [1.29, 1.82) is 0 Å². The van der Waals surface area contributed by atoms with Crippen LogP contribution in [0.2, 0.25) is 0 Å². The molecule has 0 aliphatic carbocycles. The fourth-order valence-electron chi connectivity index (χ4n) is 2.21. The van der Waals surface area contributed by atoms with Gasteiger partial charge in [0.1, 0.15) is 18.0 Å². The smallest absolute Gasteiger partial charge is 0.134 e. The largest absolute Gasteiger partial charge is 0.367 e. The zero-order valence-corrected chi connectivity index (χ0v) is 11.8. The molecule has 6 nitrogen and oxygen atoms in total. The van der Waals surface area contributed by atoms with Gasteiger partial charge in [-0.25, -0.2) is 9.97 Å². The second kappa shape index (κ2) is 6.68. The average Bonchev–Trinajstić information content (AvgIpc) is 2.40. The number of anilines is 2. The van der Waals surface area contributed by atoms with E-state index in [-0.39, 0.29) is 0 Å². The quantitative estimate of drug-likeness (QED) is 0.801. The molecule has 0 bridgehead atoms. The summed E-state index contributed by atoms with van der Waals surface area (Å²) in [5.74, 6) is 1.88. The highest BCUT2D eigenvalue weighted by molar-refractivity contribution is 5.49. The van der Waals surface area contributed by atoms with Gasteiger partial charge in [-0.05, 0) is 26.9 Å². The molecule has 6 heteroatoms. The molecule has 19 heavy (non-hydrogen) atoms. The molecule has 2 heterocycles. The summed E-state index contributed by atoms with van der Waals surface area (Å²) in [6, 6.07) is 2.36. The summed E-state index contributed by atoms with van der Waals surface area (Å²) in [7, 11) is 2.15. The number of piperazine rings is 1. The minimum absolute atomic E-state index is 0.334. The van der Waals surface area contributed by atoms with E-state index in [1.807, 2.05) is 6.07 Å². The summed E-state index contributed by atoms with van der Waals surface area (Å²) >= 11 is 0. The maximum Gasteiger partial charge on any atom is 0.134 e. The molecule has 1 aliphatic heterocycles. The van der Waals surface area contributed by atoms with Gasteiger partial charge in [-0.2, -0.15) is 0 Å². The molecule has 1 atom stereocenters. The van der Waals surface area contributed by atoms with Gasteiger partial charge >= 0.3 is 0 Å². The van der Waals surface area contributed by atoms with Crippen molar-refractivity contribution in [1.82, 2.24) is 14.9 Å². The van der Waals surface area contributed by atoms with Crippen molar-refractivity contribution in [2.75, 3.05) is 50.0 Å². The van der Waals surface area contributed by atoms with Gasteiger partial charge in [0.05, 0.1) is 0 Å². The molecule has 2 rings (SSSR count). The number of rotatable bonds is 5. The Balaban J connectivity index is 1.98.